The van der Waals surface area contributed by atoms with Gasteiger partial charge in [0.05, 0.1) is 5.69 Å². The molecule has 150 valence electrons. The number of imidazole rings is 1. The molecule has 0 fully saturated rings. The molecule has 0 atom stereocenters. The fraction of sp³-hybridized carbons (Fsp3) is 0.500. The summed E-state index contributed by atoms with van der Waals surface area (Å²) in [5, 5.41) is 4.23. The van der Waals surface area contributed by atoms with Crippen molar-refractivity contribution in [1.29, 1.82) is 0 Å². The molecule has 3 aromatic heterocycles. The molecule has 0 aliphatic heterocycles. The van der Waals surface area contributed by atoms with E-state index in [1.165, 1.54) is 4.57 Å². The zero-order valence-corrected chi connectivity index (χ0v) is 16.5. The molecule has 0 aliphatic carbocycles. The lowest BCUT2D eigenvalue weighted by Crippen LogP contribution is -2.31. The van der Waals surface area contributed by atoms with Gasteiger partial charge in [0.25, 0.3) is 5.56 Å². The highest BCUT2D eigenvalue weighted by Crippen LogP contribution is 2.11. The quantitative estimate of drug-likeness (QED) is 0.598. The van der Waals surface area contributed by atoms with Crippen molar-refractivity contribution in [3.05, 3.63) is 44.1 Å². The van der Waals surface area contributed by atoms with Gasteiger partial charge < -0.3 is 9.30 Å². The van der Waals surface area contributed by atoms with Crippen LogP contribution in [0.5, 0.6) is 0 Å². The molecule has 3 aromatic rings. The summed E-state index contributed by atoms with van der Waals surface area (Å²) in [5.74, 6) is -0.0754. The maximum Gasteiger partial charge on any atom is 0.330 e. The van der Waals surface area contributed by atoms with E-state index in [1.54, 1.807) is 16.3 Å². The van der Waals surface area contributed by atoms with Gasteiger partial charge in [-0.15, -0.1) is 0 Å². The third-order valence-electron chi connectivity index (χ3n) is 4.59. The number of carbonyl (C=O) groups excluding carboxylic acids is 1. The van der Waals surface area contributed by atoms with Crippen molar-refractivity contribution < 1.29 is 9.53 Å². The Hall–Kier alpha value is -3.17. The number of unbranched alkanes of at least 4 members (excludes halogenated alkanes) is 1. The van der Waals surface area contributed by atoms with Crippen molar-refractivity contribution in [2.24, 2.45) is 7.05 Å². The third kappa shape index (κ3) is 3.75. The predicted octanol–water partition coefficient (Wildman–Crippen LogP) is 0.780. The van der Waals surface area contributed by atoms with Gasteiger partial charge in [0, 0.05) is 19.3 Å². The summed E-state index contributed by atoms with van der Waals surface area (Å²) in [6.45, 7) is 6.07. The first-order valence-electron chi connectivity index (χ1n) is 9.17. The fourth-order valence-corrected chi connectivity index (χ4v) is 3.09. The van der Waals surface area contributed by atoms with Gasteiger partial charge in [-0.05, 0) is 26.3 Å². The van der Waals surface area contributed by atoms with Crippen LogP contribution in [0.1, 0.15) is 37.0 Å². The van der Waals surface area contributed by atoms with Crippen LogP contribution in [0, 0.1) is 13.8 Å². The Bertz CT molecular complexity index is 1130. The van der Waals surface area contributed by atoms with E-state index in [1.807, 2.05) is 26.8 Å². The van der Waals surface area contributed by atoms with Crippen molar-refractivity contribution in [2.45, 2.75) is 53.3 Å². The van der Waals surface area contributed by atoms with Gasteiger partial charge in [0.1, 0.15) is 19.0 Å². The average Bonchev–Trinajstić information content (AvgIpc) is 3.12. The Labute approximate surface area is 160 Å². The van der Waals surface area contributed by atoms with E-state index in [9.17, 15) is 14.4 Å². The molecule has 0 saturated heterocycles. The van der Waals surface area contributed by atoms with E-state index in [4.69, 9.17) is 4.74 Å². The minimum absolute atomic E-state index is 0.00852. The van der Waals surface area contributed by atoms with Gasteiger partial charge in [-0.25, -0.2) is 9.78 Å². The number of rotatable bonds is 7. The summed E-state index contributed by atoms with van der Waals surface area (Å²) in [5.41, 5.74) is 1.27. The Morgan fingerprint density at radius 1 is 1.29 bits per heavy atom. The second kappa shape index (κ2) is 7.83. The summed E-state index contributed by atoms with van der Waals surface area (Å²) in [7, 11) is 1.66. The first-order valence-corrected chi connectivity index (χ1v) is 9.17. The standard InChI is InChI=1S/C18H24N6O4/c1-5-6-7-23-16-15(17(26)20-18(23)27)22(4)13(19-16)10-28-14(25)9-24-12(3)8-11(2)21-24/h8H,5-7,9-10H2,1-4H3,(H,20,26,27). The van der Waals surface area contributed by atoms with Gasteiger partial charge in [0.2, 0.25) is 0 Å². The summed E-state index contributed by atoms with van der Waals surface area (Å²) in [6, 6.07) is 1.88. The van der Waals surface area contributed by atoms with Crippen LogP contribution in [-0.4, -0.2) is 34.9 Å². The summed E-state index contributed by atoms with van der Waals surface area (Å²) >= 11 is 0. The zero-order valence-electron chi connectivity index (χ0n) is 16.5. The molecule has 28 heavy (non-hydrogen) atoms. The molecule has 0 saturated carbocycles. The molecule has 0 spiro atoms. The summed E-state index contributed by atoms with van der Waals surface area (Å²) in [4.78, 5) is 43.3. The summed E-state index contributed by atoms with van der Waals surface area (Å²) in [6.07, 6.45) is 1.68. The van der Waals surface area contributed by atoms with E-state index in [0.29, 0.717) is 18.0 Å². The van der Waals surface area contributed by atoms with Crippen molar-refractivity contribution in [3.63, 3.8) is 0 Å². The van der Waals surface area contributed by atoms with Crippen LogP contribution in [0.2, 0.25) is 0 Å². The van der Waals surface area contributed by atoms with Crippen LogP contribution in [0.25, 0.3) is 11.2 Å². The number of esters is 1. The maximum absolute atomic E-state index is 12.2. The second-order valence-corrected chi connectivity index (χ2v) is 6.77. The van der Waals surface area contributed by atoms with Crippen LogP contribution >= 0.6 is 0 Å². The zero-order chi connectivity index (χ0) is 20.4. The predicted molar refractivity (Wildman–Crippen MR) is 102 cm³/mol. The van der Waals surface area contributed by atoms with Crippen LogP contribution in [0.3, 0.4) is 0 Å². The molecule has 0 bridgehead atoms. The van der Waals surface area contributed by atoms with Crippen molar-refractivity contribution in [1.82, 2.24) is 28.9 Å². The van der Waals surface area contributed by atoms with Crippen molar-refractivity contribution in [2.75, 3.05) is 0 Å². The lowest BCUT2D eigenvalue weighted by atomic mass is 10.3. The SMILES string of the molecule is CCCCn1c(=O)[nH]c(=O)c2c1nc(COC(=O)Cn1nc(C)cc1C)n2C. The average molecular weight is 388 g/mol. The number of H-pyrrole nitrogens is 1. The van der Waals surface area contributed by atoms with Crippen LogP contribution < -0.4 is 11.2 Å². The number of hydrogen-bond acceptors (Lipinski definition) is 6. The third-order valence-corrected chi connectivity index (χ3v) is 4.59. The molecule has 3 heterocycles. The number of aryl methyl sites for hydroxylation is 4. The highest BCUT2D eigenvalue weighted by molar-refractivity contribution is 5.71. The Morgan fingerprint density at radius 3 is 2.68 bits per heavy atom. The topological polar surface area (TPSA) is 117 Å². The number of ether oxygens (including phenoxy) is 1. The first-order chi connectivity index (χ1) is 13.3. The lowest BCUT2D eigenvalue weighted by molar-refractivity contribution is -0.146. The van der Waals surface area contributed by atoms with Crippen LogP contribution in [-0.2, 0) is 36.3 Å². The molecule has 1 N–H and O–H groups in total. The Morgan fingerprint density at radius 2 is 2.04 bits per heavy atom. The highest BCUT2D eigenvalue weighted by Gasteiger charge is 2.17. The Kier molecular flexibility index (Phi) is 5.48. The van der Waals surface area contributed by atoms with Gasteiger partial charge in [-0.3, -0.25) is 23.8 Å². The minimum atomic E-state index is -0.511. The minimum Gasteiger partial charge on any atom is -0.456 e. The molecule has 0 unspecified atom stereocenters. The molecule has 0 amide bonds. The van der Waals surface area contributed by atoms with E-state index >= 15 is 0 Å². The normalized spacial score (nSPS) is 11.3. The van der Waals surface area contributed by atoms with Crippen molar-refractivity contribution >= 4 is 17.1 Å². The molecule has 0 aliphatic rings. The van der Waals surface area contributed by atoms with Crippen LogP contribution in [0.15, 0.2) is 15.7 Å². The van der Waals surface area contributed by atoms with E-state index in [2.05, 4.69) is 15.1 Å². The van der Waals surface area contributed by atoms with Crippen molar-refractivity contribution in [3.8, 4) is 0 Å². The number of nitrogens with zero attached hydrogens (tertiary/aromatic N) is 5. The highest BCUT2D eigenvalue weighted by atomic mass is 16.5. The van der Waals surface area contributed by atoms with Gasteiger partial charge in [-0.1, -0.05) is 13.3 Å². The van der Waals surface area contributed by atoms with Gasteiger partial charge in [0.15, 0.2) is 11.2 Å². The smallest absolute Gasteiger partial charge is 0.330 e. The van der Waals surface area contributed by atoms with Gasteiger partial charge >= 0.3 is 11.7 Å². The second-order valence-electron chi connectivity index (χ2n) is 6.77. The largest absolute Gasteiger partial charge is 0.456 e. The molecule has 10 heteroatoms. The monoisotopic (exact) mass is 388 g/mol. The Balaban J connectivity index is 1.83. The van der Waals surface area contributed by atoms with E-state index in [-0.39, 0.29) is 18.7 Å². The van der Waals surface area contributed by atoms with E-state index < -0.39 is 17.2 Å². The van der Waals surface area contributed by atoms with Crippen LogP contribution in [0.4, 0.5) is 0 Å². The first kappa shape index (κ1) is 19.6. The molecule has 0 radical (unpaired) electrons. The maximum atomic E-state index is 12.2. The molecule has 10 nitrogen and oxygen atoms in total. The molecular weight excluding hydrogens is 364 g/mol. The number of carbonyl (C=O) groups is 1. The number of aromatic nitrogens is 6. The fourth-order valence-electron chi connectivity index (χ4n) is 3.09. The molecule has 3 rings (SSSR count). The number of fused-ring (bicyclic) bond motifs is 1. The summed E-state index contributed by atoms with van der Waals surface area (Å²) < 4.78 is 9.88. The van der Waals surface area contributed by atoms with Gasteiger partial charge in [-0.2, -0.15) is 5.10 Å². The lowest BCUT2D eigenvalue weighted by Gasteiger charge is -2.06. The number of aromatic amines is 1. The number of nitrogens with one attached hydrogen (secondary N) is 1. The molecular formula is C18H24N6O4. The molecule has 0 aromatic carbocycles. The van der Waals surface area contributed by atoms with E-state index in [0.717, 1.165) is 24.2 Å². The number of hydrogen-bond donors (Lipinski definition) is 1.